The first-order chi connectivity index (χ1) is 11.1. The number of carbonyl (C=O) groups is 1. The summed E-state index contributed by atoms with van der Waals surface area (Å²) in [4.78, 5) is 15.2. The molecule has 5 heteroatoms. The molecule has 23 heavy (non-hydrogen) atoms. The third-order valence-corrected chi connectivity index (χ3v) is 6.45. The molecule has 4 nitrogen and oxygen atoms in total. The van der Waals surface area contributed by atoms with E-state index in [2.05, 4.69) is 44.9 Å². The predicted molar refractivity (Wildman–Crippen MR) is 94.3 cm³/mol. The first-order valence-corrected chi connectivity index (χ1v) is 9.32. The van der Waals surface area contributed by atoms with Crippen molar-refractivity contribution in [1.82, 2.24) is 15.1 Å². The van der Waals surface area contributed by atoms with Gasteiger partial charge in [0, 0.05) is 22.4 Å². The molecule has 1 aliphatic heterocycles. The fourth-order valence-corrected chi connectivity index (χ4v) is 4.86. The Kier molecular flexibility index (Phi) is 3.71. The quantitative estimate of drug-likeness (QED) is 0.853. The highest BCUT2D eigenvalue weighted by atomic mass is 79.9. The van der Waals surface area contributed by atoms with E-state index in [1.165, 1.54) is 12.8 Å². The molecule has 2 fully saturated rings. The first kappa shape index (κ1) is 15.2. The van der Waals surface area contributed by atoms with Gasteiger partial charge in [0.1, 0.15) is 0 Å². The predicted octanol–water partition coefficient (Wildman–Crippen LogP) is 4.22. The minimum absolute atomic E-state index is 0.0884. The molecule has 2 aromatic rings. The number of fused-ring (bicyclic) bond motifs is 3. The van der Waals surface area contributed by atoms with E-state index in [4.69, 9.17) is 0 Å². The molecule has 0 spiro atoms. The molecule has 1 saturated carbocycles. The lowest BCUT2D eigenvalue weighted by atomic mass is 9.74. The van der Waals surface area contributed by atoms with Crippen LogP contribution in [0.1, 0.15) is 43.6 Å². The number of amides is 1. The molecule has 2 aliphatic rings. The lowest BCUT2D eigenvalue weighted by molar-refractivity contribution is 0.0694. The fraction of sp³-hybridized carbons (Fsp3) is 0.556. The van der Waals surface area contributed by atoms with Crippen LogP contribution in [0.25, 0.3) is 10.9 Å². The van der Waals surface area contributed by atoms with Gasteiger partial charge in [-0.25, -0.2) is 0 Å². The van der Waals surface area contributed by atoms with Crippen molar-refractivity contribution >= 4 is 32.7 Å². The number of aromatic nitrogens is 2. The summed E-state index contributed by atoms with van der Waals surface area (Å²) in [6, 6.07) is 6.28. The average Bonchev–Trinajstić information content (AvgIpc) is 3.01. The summed E-state index contributed by atoms with van der Waals surface area (Å²) >= 11 is 3.49. The molecule has 1 aliphatic carbocycles. The van der Waals surface area contributed by atoms with E-state index in [1.54, 1.807) is 0 Å². The Bertz CT molecular complexity index is 756. The van der Waals surface area contributed by atoms with Crippen molar-refractivity contribution in [2.24, 2.45) is 17.8 Å². The molecule has 4 rings (SSSR count). The van der Waals surface area contributed by atoms with E-state index in [-0.39, 0.29) is 5.91 Å². The minimum atomic E-state index is 0.0884. The monoisotopic (exact) mass is 375 g/mol. The van der Waals surface area contributed by atoms with Gasteiger partial charge in [0.2, 0.25) is 0 Å². The molecule has 1 unspecified atom stereocenters. The van der Waals surface area contributed by atoms with Gasteiger partial charge in [0.05, 0.1) is 5.52 Å². The smallest absolute Gasteiger partial charge is 0.275 e. The number of aromatic amines is 1. The second kappa shape index (κ2) is 5.62. The largest absolute Gasteiger partial charge is 0.334 e. The summed E-state index contributed by atoms with van der Waals surface area (Å²) in [5, 5.41) is 8.22. The van der Waals surface area contributed by atoms with Crippen molar-refractivity contribution in [3.8, 4) is 0 Å². The van der Waals surface area contributed by atoms with E-state index >= 15 is 0 Å². The molecule has 2 bridgehead atoms. The van der Waals surface area contributed by atoms with Crippen molar-refractivity contribution in [2.75, 3.05) is 6.54 Å². The fourth-order valence-electron chi connectivity index (χ4n) is 4.50. The minimum Gasteiger partial charge on any atom is -0.334 e. The Hall–Kier alpha value is -1.36. The highest BCUT2D eigenvalue weighted by Crippen LogP contribution is 2.44. The molecule has 1 N–H and O–H groups in total. The number of nitrogens with zero attached hydrogens (tertiary/aromatic N) is 2. The van der Waals surface area contributed by atoms with Gasteiger partial charge in [-0.2, -0.15) is 5.10 Å². The number of halogens is 1. The molecular formula is C18H22BrN3O. The number of carbonyl (C=O) groups excluding carboxylic acids is 1. The normalized spacial score (nSPS) is 30.1. The van der Waals surface area contributed by atoms with E-state index in [9.17, 15) is 4.79 Å². The zero-order valence-electron chi connectivity index (χ0n) is 13.6. The molecular weight excluding hydrogens is 354 g/mol. The van der Waals surface area contributed by atoms with Crippen LogP contribution >= 0.6 is 15.9 Å². The van der Waals surface area contributed by atoms with Gasteiger partial charge in [-0.15, -0.1) is 0 Å². The van der Waals surface area contributed by atoms with Crippen LogP contribution in [0.2, 0.25) is 0 Å². The highest BCUT2D eigenvalue weighted by Gasteiger charge is 2.46. The molecule has 0 radical (unpaired) electrons. The van der Waals surface area contributed by atoms with Crippen molar-refractivity contribution in [2.45, 2.75) is 39.2 Å². The van der Waals surface area contributed by atoms with Crippen molar-refractivity contribution in [1.29, 1.82) is 0 Å². The molecule has 2 heterocycles. The van der Waals surface area contributed by atoms with Crippen LogP contribution in [0.3, 0.4) is 0 Å². The highest BCUT2D eigenvalue weighted by molar-refractivity contribution is 9.10. The number of nitrogens with one attached hydrogen (secondary N) is 1. The Morgan fingerprint density at radius 2 is 2.26 bits per heavy atom. The van der Waals surface area contributed by atoms with Crippen molar-refractivity contribution in [3.05, 3.63) is 28.4 Å². The lowest BCUT2D eigenvalue weighted by Crippen LogP contribution is -2.39. The van der Waals surface area contributed by atoms with Crippen LogP contribution < -0.4 is 0 Å². The number of hydrogen-bond acceptors (Lipinski definition) is 2. The second-order valence-electron chi connectivity index (χ2n) is 7.15. The van der Waals surface area contributed by atoms with Crippen LogP contribution in [0.5, 0.6) is 0 Å². The van der Waals surface area contributed by atoms with Crippen LogP contribution in [0.4, 0.5) is 0 Å². The molecule has 122 valence electrons. The molecule has 1 amide bonds. The summed E-state index contributed by atoms with van der Waals surface area (Å²) in [5.41, 5.74) is 1.48. The number of benzene rings is 1. The van der Waals surface area contributed by atoms with Crippen molar-refractivity contribution in [3.63, 3.8) is 0 Å². The summed E-state index contributed by atoms with van der Waals surface area (Å²) in [6.45, 7) is 5.47. The second-order valence-corrected chi connectivity index (χ2v) is 8.07. The Morgan fingerprint density at radius 1 is 1.43 bits per heavy atom. The van der Waals surface area contributed by atoms with Crippen LogP contribution in [-0.2, 0) is 0 Å². The Labute approximate surface area is 144 Å². The van der Waals surface area contributed by atoms with Gasteiger partial charge in [0.15, 0.2) is 5.69 Å². The third kappa shape index (κ3) is 2.40. The van der Waals surface area contributed by atoms with Crippen LogP contribution in [0, 0.1) is 17.8 Å². The summed E-state index contributed by atoms with van der Waals surface area (Å²) in [5.74, 6) is 2.12. The standard InChI is InChI=1S/C18H22BrN3O/c1-3-11-6-12-9-22(16(7-11)10(12)2)18(23)17-14-8-13(19)4-5-15(14)20-21-17/h4-5,8,10-12,16H,3,6-7,9H2,1-2H3,(H,20,21)/t10?,11-,12+,16+/m1/s1. The molecule has 4 atom stereocenters. The zero-order chi connectivity index (χ0) is 16.1. The van der Waals surface area contributed by atoms with Crippen molar-refractivity contribution < 1.29 is 4.79 Å². The number of likely N-dealkylation sites (tertiary alicyclic amines) is 1. The zero-order valence-corrected chi connectivity index (χ0v) is 15.1. The first-order valence-electron chi connectivity index (χ1n) is 8.53. The third-order valence-electron chi connectivity index (χ3n) is 5.96. The van der Waals surface area contributed by atoms with Gasteiger partial charge < -0.3 is 4.90 Å². The van der Waals surface area contributed by atoms with Gasteiger partial charge in [-0.3, -0.25) is 9.89 Å². The number of hydrogen-bond donors (Lipinski definition) is 1. The van der Waals surface area contributed by atoms with Crippen LogP contribution in [0.15, 0.2) is 22.7 Å². The van der Waals surface area contributed by atoms with Gasteiger partial charge in [-0.1, -0.05) is 36.2 Å². The van der Waals surface area contributed by atoms with Gasteiger partial charge in [-0.05, 0) is 48.8 Å². The van der Waals surface area contributed by atoms with E-state index in [1.807, 2.05) is 18.2 Å². The van der Waals surface area contributed by atoms with Crippen LogP contribution in [-0.4, -0.2) is 33.6 Å². The molecule has 1 aromatic carbocycles. The average molecular weight is 376 g/mol. The van der Waals surface area contributed by atoms with E-state index in [0.29, 0.717) is 23.6 Å². The topological polar surface area (TPSA) is 49.0 Å². The SMILES string of the molecule is CC[C@@H]1C[C@H]2CN(C(=O)c3n[nH]c4ccc(Br)cc34)[C@@H](C1)C2C. The maximum atomic E-state index is 13.1. The maximum absolute atomic E-state index is 13.1. The number of rotatable bonds is 2. The van der Waals surface area contributed by atoms with E-state index in [0.717, 1.165) is 34.3 Å². The van der Waals surface area contributed by atoms with Gasteiger partial charge in [0.25, 0.3) is 5.91 Å². The van der Waals surface area contributed by atoms with Gasteiger partial charge >= 0.3 is 0 Å². The summed E-state index contributed by atoms with van der Waals surface area (Å²) < 4.78 is 0.972. The maximum Gasteiger partial charge on any atom is 0.275 e. The molecule has 1 saturated heterocycles. The van der Waals surface area contributed by atoms with E-state index < -0.39 is 0 Å². The number of H-pyrrole nitrogens is 1. The summed E-state index contributed by atoms with van der Waals surface area (Å²) in [6.07, 6.45) is 3.64. The molecule has 1 aromatic heterocycles. The Morgan fingerprint density at radius 3 is 3.04 bits per heavy atom. The Balaban J connectivity index is 1.67. The summed E-state index contributed by atoms with van der Waals surface area (Å²) in [7, 11) is 0. The lowest BCUT2D eigenvalue weighted by Gasteiger charge is -2.33.